The van der Waals surface area contributed by atoms with Crippen LogP contribution < -0.4 is 34.7 Å². The fourth-order valence-corrected chi connectivity index (χ4v) is 3.22. The standard InChI is InChI=1S/C17H15ClO4S.Na/c1-23(21,22)16(13-7-9-15(18)10-8-13)11-4-12-2-5-14(6-3-12)17(19)20;/h2-11,16H,1H3,(H,19,20);/q;+1/p-1/b11-4+;. The van der Waals surface area contributed by atoms with Crippen LogP contribution in [0, 0.1) is 0 Å². The summed E-state index contributed by atoms with van der Waals surface area (Å²) >= 11 is 5.82. The van der Waals surface area contributed by atoms with E-state index in [1.54, 1.807) is 48.6 Å². The van der Waals surface area contributed by atoms with E-state index in [2.05, 4.69) is 0 Å². The van der Waals surface area contributed by atoms with Gasteiger partial charge in [0.25, 0.3) is 0 Å². The number of benzene rings is 2. The fraction of sp³-hybridized carbons (Fsp3) is 0.118. The van der Waals surface area contributed by atoms with Gasteiger partial charge in [0.05, 0.1) is 5.97 Å². The average molecular weight is 373 g/mol. The number of halogens is 1. The second kappa shape index (κ2) is 8.83. The fourth-order valence-electron chi connectivity index (χ4n) is 2.08. The van der Waals surface area contributed by atoms with Gasteiger partial charge in [-0.1, -0.05) is 60.2 Å². The van der Waals surface area contributed by atoms with E-state index < -0.39 is 21.1 Å². The van der Waals surface area contributed by atoms with E-state index in [0.29, 0.717) is 16.1 Å². The van der Waals surface area contributed by atoms with Crippen LogP contribution in [0.4, 0.5) is 0 Å². The third-order valence-electron chi connectivity index (χ3n) is 3.27. The molecule has 1 unspecified atom stereocenters. The first kappa shape index (κ1) is 20.9. The number of hydrogen-bond donors (Lipinski definition) is 0. The third kappa shape index (κ3) is 5.76. The van der Waals surface area contributed by atoms with Gasteiger partial charge in [0.2, 0.25) is 0 Å². The second-order valence-electron chi connectivity index (χ2n) is 5.07. The van der Waals surface area contributed by atoms with Gasteiger partial charge >= 0.3 is 29.6 Å². The molecule has 0 amide bonds. The molecular formula is C17H14ClNaO4S. The molecule has 0 heterocycles. The van der Waals surface area contributed by atoms with E-state index in [0.717, 1.165) is 6.26 Å². The van der Waals surface area contributed by atoms with Gasteiger partial charge in [-0.15, -0.1) is 0 Å². The Morgan fingerprint density at radius 3 is 2.08 bits per heavy atom. The Morgan fingerprint density at radius 2 is 1.62 bits per heavy atom. The van der Waals surface area contributed by atoms with Crippen LogP contribution in [0.25, 0.3) is 6.08 Å². The van der Waals surface area contributed by atoms with Gasteiger partial charge < -0.3 is 9.90 Å². The van der Waals surface area contributed by atoms with Crippen LogP contribution in [-0.4, -0.2) is 20.6 Å². The minimum Gasteiger partial charge on any atom is -0.545 e. The molecule has 2 aromatic rings. The summed E-state index contributed by atoms with van der Waals surface area (Å²) in [5, 5.41) is 10.4. The molecule has 0 fully saturated rings. The monoisotopic (exact) mass is 372 g/mol. The van der Waals surface area contributed by atoms with Crippen molar-refractivity contribution in [3.8, 4) is 0 Å². The molecule has 2 rings (SSSR count). The predicted octanol–water partition coefficient (Wildman–Crippen LogP) is -0.493. The van der Waals surface area contributed by atoms with E-state index in [1.165, 1.54) is 12.1 Å². The van der Waals surface area contributed by atoms with Crippen molar-refractivity contribution in [2.24, 2.45) is 0 Å². The summed E-state index contributed by atoms with van der Waals surface area (Å²) in [6.45, 7) is 0. The van der Waals surface area contributed by atoms with E-state index in [9.17, 15) is 18.3 Å². The summed E-state index contributed by atoms with van der Waals surface area (Å²) in [5.41, 5.74) is 1.37. The van der Waals surface area contributed by atoms with E-state index >= 15 is 0 Å². The van der Waals surface area contributed by atoms with E-state index in [4.69, 9.17) is 11.6 Å². The van der Waals surface area contributed by atoms with Crippen LogP contribution in [-0.2, 0) is 9.84 Å². The van der Waals surface area contributed by atoms with Gasteiger partial charge in [-0.05, 0) is 28.8 Å². The van der Waals surface area contributed by atoms with Crippen molar-refractivity contribution in [3.05, 3.63) is 76.3 Å². The zero-order valence-corrected chi connectivity index (χ0v) is 16.8. The number of aromatic carboxylic acids is 1. The molecule has 2 aromatic carbocycles. The number of hydrogen-bond acceptors (Lipinski definition) is 4. The molecule has 0 aliphatic rings. The molecular weight excluding hydrogens is 359 g/mol. The molecule has 1 atom stereocenters. The molecule has 4 nitrogen and oxygen atoms in total. The number of carbonyl (C=O) groups excluding carboxylic acids is 1. The molecule has 0 saturated heterocycles. The van der Waals surface area contributed by atoms with Crippen molar-refractivity contribution in [2.75, 3.05) is 6.26 Å². The number of sulfone groups is 1. The van der Waals surface area contributed by atoms with Crippen LogP contribution in [0.3, 0.4) is 0 Å². The Labute approximate surface area is 168 Å². The van der Waals surface area contributed by atoms with Crippen molar-refractivity contribution in [1.82, 2.24) is 0 Å². The second-order valence-corrected chi connectivity index (χ2v) is 7.67. The largest absolute Gasteiger partial charge is 1.00 e. The summed E-state index contributed by atoms with van der Waals surface area (Å²) in [4.78, 5) is 10.7. The van der Waals surface area contributed by atoms with Crippen molar-refractivity contribution in [1.29, 1.82) is 0 Å². The Kier molecular flexibility index (Phi) is 7.70. The van der Waals surface area contributed by atoms with Gasteiger partial charge in [0.15, 0.2) is 9.84 Å². The quantitative estimate of drug-likeness (QED) is 0.664. The van der Waals surface area contributed by atoms with Crippen molar-refractivity contribution in [2.45, 2.75) is 5.25 Å². The number of rotatable bonds is 5. The van der Waals surface area contributed by atoms with E-state index in [-0.39, 0.29) is 35.1 Å². The van der Waals surface area contributed by atoms with Crippen molar-refractivity contribution in [3.63, 3.8) is 0 Å². The maximum absolute atomic E-state index is 12.0. The smallest absolute Gasteiger partial charge is 0.545 e. The van der Waals surface area contributed by atoms with Gasteiger partial charge in [-0.2, -0.15) is 0 Å². The van der Waals surface area contributed by atoms with Gasteiger partial charge in [0, 0.05) is 11.3 Å². The first-order valence-corrected chi connectivity index (χ1v) is 9.04. The minimum atomic E-state index is -3.36. The molecule has 0 bridgehead atoms. The number of carbonyl (C=O) groups is 1. The predicted molar refractivity (Wildman–Crippen MR) is 88.8 cm³/mol. The molecule has 0 N–H and O–H groups in total. The number of carboxylic acid groups (broad SMARTS) is 1. The molecule has 0 radical (unpaired) electrons. The molecule has 0 saturated carbocycles. The maximum atomic E-state index is 12.0. The number of carboxylic acids is 1. The normalized spacial score (nSPS) is 12.6. The van der Waals surface area contributed by atoms with Crippen LogP contribution >= 0.6 is 11.6 Å². The summed E-state index contributed by atoms with van der Waals surface area (Å²) in [7, 11) is -3.36. The Balaban J connectivity index is 0.00000288. The van der Waals surface area contributed by atoms with Crippen molar-refractivity contribution >= 4 is 33.5 Å². The van der Waals surface area contributed by atoms with Gasteiger partial charge in [-0.25, -0.2) is 8.42 Å². The Morgan fingerprint density at radius 1 is 1.08 bits per heavy atom. The first-order chi connectivity index (χ1) is 10.8. The molecule has 0 spiro atoms. The van der Waals surface area contributed by atoms with Gasteiger partial charge in [-0.3, -0.25) is 0 Å². The topological polar surface area (TPSA) is 74.3 Å². The molecule has 0 aromatic heterocycles. The molecule has 0 aliphatic carbocycles. The zero-order chi connectivity index (χ0) is 17.0. The zero-order valence-electron chi connectivity index (χ0n) is 13.3. The first-order valence-electron chi connectivity index (χ1n) is 6.71. The van der Waals surface area contributed by atoms with Crippen LogP contribution in [0.2, 0.25) is 5.02 Å². The molecule has 7 heteroatoms. The van der Waals surface area contributed by atoms with Gasteiger partial charge in [0.1, 0.15) is 5.25 Å². The van der Waals surface area contributed by atoms with Crippen LogP contribution in [0.1, 0.15) is 26.7 Å². The summed E-state index contributed by atoms with van der Waals surface area (Å²) in [6.07, 6.45) is 4.36. The van der Waals surface area contributed by atoms with Crippen molar-refractivity contribution < 1.29 is 47.9 Å². The Bertz CT molecular complexity index is 828. The minimum absolute atomic E-state index is 0. The average Bonchev–Trinajstić information content (AvgIpc) is 2.48. The van der Waals surface area contributed by atoms with Crippen LogP contribution in [0.15, 0.2) is 54.6 Å². The molecule has 0 aliphatic heterocycles. The third-order valence-corrected chi connectivity index (χ3v) is 4.87. The SMILES string of the molecule is CS(=O)(=O)C(/C=C/c1ccc(C(=O)[O-])cc1)c1ccc(Cl)cc1.[Na+]. The molecule has 120 valence electrons. The molecule has 24 heavy (non-hydrogen) atoms. The summed E-state index contributed by atoms with van der Waals surface area (Å²) in [6, 6.07) is 12.6. The van der Waals surface area contributed by atoms with Crippen LogP contribution in [0.5, 0.6) is 0 Å². The summed E-state index contributed by atoms with van der Waals surface area (Å²) < 4.78 is 24.0. The summed E-state index contributed by atoms with van der Waals surface area (Å²) in [5.74, 6) is -1.25. The Hall–Kier alpha value is -1.11. The van der Waals surface area contributed by atoms with E-state index in [1.807, 2.05) is 0 Å². The maximum Gasteiger partial charge on any atom is 1.00 e.